The second-order valence-electron chi connectivity index (χ2n) is 4.57. The van der Waals surface area contributed by atoms with Crippen LogP contribution in [0.15, 0.2) is 12.1 Å². The zero-order chi connectivity index (χ0) is 15.6. The van der Waals surface area contributed by atoms with Gasteiger partial charge < -0.3 is 10.3 Å². The molecule has 1 aliphatic heterocycles. The average Bonchev–Trinajstić information content (AvgIpc) is 2.45. The summed E-state index contributed by atoms with van der Waals surface area (Å²) in [7, 11) is -3.36. The van der Waals surface area contributed by atoms with Gasteiger partial charge in [-0.05, 0) is 12.1 Å². The molecule has 10 heteroatoms. The predicted octanol–water partition coefficient (Wildman–Crippen LogP) is 0.580. The highest BCUT2D eigenvalue weighted by Crippen LogP contribution is 2.24. The summed E-state index contributed by atoms with van der Waals surface area (Å²) in [4.78, 5) is 17.8. The van der Waals surface area contributed by atoms with Crippen LogP contribution in [0.2, 0.25) is 5.15 Å². The van der Waals surface area contributed by atoms with Crippen molar-refractivity contribution in [1.29, 1.82) is 0 Å². The number of carbonyl (C=O) groups excluding carboxylic acids is 1. The molecule has 0 aliphatic carbocycles. The number of carbonyl (C=O) groups is 1. The number of hydrogen-bond donors (Lipinski definition) is 2. The summed E-state index contributed by atoms with van der Waals surface area (Å²) in [6.45, 7) is 0.368. The highest BCUT2D eigenvalue weighted by atomic mass is 35.5. The van der Waals surface area contributed by atoms with Crippen LogP contribution < -0.4 is 11.3 Å². The first-order valence-corrected chi connectivity index (χ1v) is 9.53. The van der Waals surface area contributed by atoms with Gasteiger partial charge in [-0.1, -0.05) is 11.6 Å². The minimum atomic E-state index is -3.36. The lowest BCUT2D eigenvalue weighted by Gasteiger charge is -2.34. The molecule has 1 atom stereocenters. The van der Waals surface area contributed by atoms with Gasteiger partial charge >= 0.3 is 0 Å². The summed E-state index contributed by atoms with van der Waals surface area (Å²) in [6.07, 6.45) is 1.14. The van der Waals surface area contributed by atoms with E-state index in [1.807, 2.05) is 0 Å². The van der Waals surface area contributed by atoms with Gasteiger partial charge in [0.1, 0.15) is 16.3 Å². The third-order valence-corrected chi connectivity index (χ3v) is 5.87. The average molecular weight is 351 g/mol. The van der Waals surface area contributed by atoms with E-state index in [1.54, 1.807) is 0 Å². The minimum Gasteiger partial charge on any atom is -0.320 e. The summed E-state index contributed by atoms with van der Waals surface area (Å²) in [5, 5.41) is -0.721. The fraction of sp³-hybridized carbons (Fsp3) is 0.455. The van der Waals surface area contributed by atoms with Crippen molar-refractivity contribution < 1.29 is 13.2 Å². The minimum absolute atomic E-state index is 0.107. The van der Waals surface area contributed by atoms with Gasteiger partial charge in [-0.25, -0.2) is 19.2 Å². The molecule has 1 aromatic heterocycles. The van der Waals surface area contributed by atoms with Gasteiger partial charge in [-0.15, -0.1) is 0 Å². The number of hydrazine groups is 1. The Morgan fingerprint density at radius 2 is 2.29 bits per heavy atom. The third kappa shape index (κ3) is 3.79. The number of aromatic nitrogens is 1. The molecule has 2 rings (SSSR count). The molecule has 7 nitrogen and oxygen atoms in total. The van der Waals surface area contributed by atoms with Crippen molar-refractivity contribution in [2.75, 3.05) is 29.7 Å². The molecule has 0 aromatic carbocycles. The van der Waals surface area contributed by atoms with Gasteiger partial charge in [0, 0.05) is 29.9 Å². The van der Waals surface area contributed by atoms with Crippen molar-refractivity contribution in [3.63, 3.8) is 0 Å². The summed E-state index contributed by atoms with van der Waals surface area (Å²) < 4.78 is 23.7. The molecule has 0 spiro atoms. The third-order valence-electron chi connectivity index (χ3n) is 3.03. The van der Waals surface area contributed by atoms with E-state index in [9.17, 15) is 13.2 Å². The van der Waals surface area contributed by atoms with Crippen molar-refractivity contribution in [3.05, 3.63) is 22.8 Å². The monoisotopic (exact) mass is 350 g/mol. The van der Waals surface area contributed by atoms with Crippen LogP contribution in [0.1, 0.15) is 10.4 Å². The van der Waals surface area contributed by atoms with Crippen molar-refractivity contribution >= 4 is 44.9 Å². The van der Waals surface area contributed by atoms with Crippen LogP contribution in [0.5, 0.6) is 0 Å². The number of rotatable bonds is 3. The normalized spacial score (nSPS) is 19.4. The van der Waals surface area contributed by atoms with Crippen LogP contribution in [0.25, 0.3) is 0 Å². The summed E-state index contributed by atoms with van der Waals surface area (Å²) in [6, 6.07) is 2.83. The first-order chi connectivity index (χ1) is 9.82. The number of nitrogen functional groups attached to an aromatic ring is 1. The molecule has 116 valence electrons. The largest absolute Gasteiger partial charge is 0.320 e. The van der Waals surface area contributed by atoms with Crippen molar-refractivity contribution in [2.45, 2.75) is 5.37 Å². The molecule has 21 heavy (non-hydrogen) atoms. The second kappa shape index (κ2) is 6.39. The molecule has 2 heterocycles. The Hall–Kier alpha value is -1.03. The number of nitrogens with zero attached hydrogens (tertiary/aromatic N) is 2. The summed E-state index contributed by atoms with van der Waals surface area (Å²) >= 11 is 7.35. The first-order valence-electron chi connectivity index (χ1n) is 6.04. The van der Waals surface area contributed by atoms with Crippen molar-refractivity contribution in [3.8, 4) is 0 Å². The van der Waals surface area contributed by atoms with E-state index in [4.69, 9.17) is 17.4 Å². The lowest BCUT2D eigenvalue weighted by Crippen LogP contribution is -2.49. The number of sulfone groups is 1. The van der Waals surface area contributed by atoms with Crippen LogP contribution in [0.4, 0.5) is 5.82 Å². The fourth-order valence-electron chi connectivity index (χ4n) is 2.03. The van der Waals surface area contributed by atoms with E-state index in [0.29, 0.717) is 18.1 Å². The van der Waals surface area contributed by atoms with Gasteiger partial charge in [-0.3, -0.25) is 4.79 Å². The molecule has 1 unspecified atom stereocenters. The molecule has 1 aromatic rings. The number of nitrogens with one attached hydrogen (secondary N) is 1. The Bertz CT molecular complexity index is 653. The lowest BCUT2D eigenvalue weighted by molar-refractivity contribution is 0.0749. The molecule has 1 aliphatic rings. The zero-order valence-corrected chi connectivity index (χ0v) is 13.6. The smallest absolute Gasteiger partial charge is 0.255 e. The number of amides is 1. The Morgan fingerprint density at radius 3 is 2.90 bits per heavy atom. The molecule has 1 saturated heterocycles. The molecular weight excluding hydrogens is 336 g/mol. The zero-order valence-electron chi connectivity index (χ0n) is 11.2. The molecule has 1 amide bonds. The SMILES string of the molecule is CS(=O)(=O)C1CSCCN1C(=O)c1cc(Cl)nc(NN)c1. The van der Waals surface area contributed by atoms with E-state index < -0.39 is 21.1 Å². The van der Waals surface area contributed by atoms with Crippen LogP contribution in [-0.2, 0) is 9.84 Å². The van der Waals surface area contributed by atoms with E-state index in [1.165, 1.54) is 28.8 Å². The van der Waals surface area contributed by atoms with Crippen LogP contribution in [0, 0.1) is 0 Å². The maximum Gasteiger partial charge on any atom is 0.255 e. The molecular formula is C11H15ClN4O3S2. The Labute approximate surface area is 132 Å². The Kier molecular flexibility index (Phi) is 4.97. The van der Waals surface area contributed by atoms with E-state index >= 15 is 0 Å². The van der Waals surface area contributed by atoms with Crippen LogP contribution in [-0.4, -0.2) is 53.9 Å². The fourth-order valence-corrected chi connectivity index (χ4v) is 5.05. The first kappa shape index (κ1) is 16.3. The van der Waals surface area contributed by atoms with Crippen molar-refractivity contribution in [1.82, 2.24) is 9.88 Å². The predicted molar refractivity (Wildman–Crippen MR) is 84.1 cm³/mol. The Balaban J connectivity index is 2.35. The Morgan fingerprint density at radius 1 is 1.57 bits per heavy atom. The van der Waals surface area contributed by atoms with Gasteiger partial charge in [-0.2, -0.15) is 11.8 Å². The number of halogens is 1. The van der Waals surface area contributed by atoms with Gasteiger partial charge in [0.15, 0.2) is 9.84 Å². The number of nitrogens with two attached hydrogens (primary N) is 1. The maximum atomic E-state index is 12.6. The molecule has 3 N–H and O–H groups in total. The van der Waals surface area contributed by atoms with Gasteiger partial charge in [0.05, 0.1) is 0 Å². The van der Waals surface area contributed by atoms with Crippen LogP contribution >= 0.6 is 23.4 Å². The van der Waals surface area contributed by atoms with E-state index in [2.05, 4.69) is 10.4 Å². The highest BCUT2D eigenvalue weighted by molar-refractivity contribution is 8.00. The second-order valence-corrected chi connectivity index (χ2v) is 8.31. The van der Waals surface area contributed by atoms with E-state index in [0.717, 1.165) is 6.26 Å². The van der Waals surface area contributed by atoms with Crippen molar-refractivity contribution in [2.24, 2.45) is 5.84 Å². The molecule has 0 saturated carbocycles. The molecule has 0 radical (unpaired) electrons. The maximum absolute atomic E-state index is 12.6. The number of hydrogen-bond acceptors (Lipinski definition) is 7. The summed E-state index contributed by atoms with van der Waals surface area (Å²) in [5.41, 5.74) is 2.57. The number of thioether (sulfide) groups is 1. The highest BCUT2D eigenvalue weighted by Gasteiger charge is 2.34. The summed E-state index contributed by atoms with van der Waals surface area (Å²) in [5.74, 6) is 6.17. The molecule has 0 bridgehead atoms. The van der Waals surface area contributed by atoms with Gasteiger partial charge in [0.25, 0.3) is 5.91 Å². The number of pyridine rings is 1. The number of anilines is 1. The van der Waals surface area contributed by atoms with Crippen LogP contribution in [0.3, 0.4) is 0 Å². The topological polar surface area (TPSA) is 105 Å². The molecule has 1 fully saturated rings. The standard InChI is InChI=1S/C11H15ClN4O3S2/c1-21(18,19)10-6-20-3-2-16(10)11(17)7-4-8(12)14-9(5-7)15-13/h4-5,10H,2-3,6,13H2,1H3,(H,14,15). The van der Waals surface area contributed by atoms with E-state index in [-0.39, 0.29) is 16.5 Å². The lowest BCUT2D eigenvalue weighted by atomic mass is 10.2. The van der Waals surface area contributed by atoms with Gasteiger partial charge in [0.2, 0.25) is 0 Å². The quantitative estimate of drug-likeness (QED) is 0.466.